The summed E-state index contributed by atoms with van der Waals surface area (Å²) in [4.78, 5) is 20.8. The summed E-state index contributed by atoms with van der Waals surface area (Å²) in [5.41, 5.74) is 0. The van der Waals surface area contributed by atoms with Crippen molar-refractivity contribution in [1.29, 1.82) is 0 Å². The topological polar surface area (TPSA) is 87.6 Å². The molecule has 1 aliphatic rings. The smallest absolute Gasteiger partial charge is 0.287 e. The monoisotopic (exact) mass is 333 g/mol. The van der Waals surface area contributed by atoms with Gasteiger partial charge in [-0.15, -0.1) is 0 Å². The molecule has 2 aromatic heterocycles. The number of nitrogens with zero attached hydrogens (tertiary/aromatic N) is 4. The highest BCUT2D eigenvalue weighted by atomic mass is 16.5. The van der Waals surface area contributed by atoms with Crippen LogP contribution in [-0.4, -0.2) is 65.1 Å². The normalized spacial score (nSPS) is 17.8. The first-order valence-electron chi connectivity index (χ1n) is 8.22. The second-order valence-corrected chi connectivity index (χ2v) is 5.97. The minimum absolute atomic E-state index is 0.131. The summed E-state index contributed by atoms with van der Waals surface area (Å²) in [6.07, 6.45) is 1.50. The molecule has 1 N–H and O–H groups in total. The molecule has 1 amide bonds. The highest BCUT2D eigenvalue weighted by Crippen LogP contribution is 2.19. The van der Waals surface area contributed by atoms with Gasteiger partial charge in [0.15, 0.2) is 11.6 Å². The molecule has 3 rings (SSSR count). The van der Waals surface area contributed by atoms with Crippen molar-refractivity contribution in [3.8, 4) is 0 Å². The molecular formula is C16H23N5O3. The van der Waals surface area contributed by atoms with Crippen LogP contribution in [0.5, 0.6) is 0 Å². The van der Waals surface area contributed by atoms with Gasteiger partial charge in [0.1, 0.15) is 0 Å². The molecule has 3 heterocycles. The van der Waals surface area contributed by atoms with Crippen molar-refractivity contribution in [1.82, 2.24) is 25.3 Å². The summed E-state index contributed by atoms with van der Waals surface area (Å²) in [6.45, 7) is 9.14. The van der Waals surface area contributed by atoms with Crippen LogP contribution in [0.4, 0.5) is 0 Å². The van der Waals surface area contributed by atoms with E-state index in [2.05, 4.69) is 32.2 Å². The molecule has 1 atom stereocenters. The fraction of sp³-hybridized carbons (Fsp3) is 0.562. The number of furan rings is 1. The summed E-state index contributed by atoms with van der Waals surface area (Å²) in [5.74, 6) is 1.52. The summed E-state index contributed by atoms with van der Waals surface area (Å²) in [6, 6.07) is 3.50. The predicted octanol–water partition coefficient (Wildman–Crippen LogP) is 1.08. The lowest BCUT2D eigenvalue weighted by atomic mass is 10.2. The van der Waals surface area contributed by atoms with Gasteiger partial charge < -0.3 is 14.3 Å². The second-order valence-electron chi connectivity index (χ2n) is 5.97. The minimum Gasteiger partial charge on any atom is -0.459 e. The van der Waals surface area contributed by atoms with Crippen LogP contribution in [0.3, 0.4) is 0 Å². The van der Waals surface area contributed by atoms with Crippen molar-refractivity contribution in [2.45, 2.75) is 19.9 Å². The molecule has 1 unspecified atom stereocenters. The molecule has 0 radical (unpaired) electrons. The van der Waals surface area contributed by atoms with Crippen LogP contribution in [-0.2, 0) is 0 Å². The summed E-state index contributed by atoms with van der Waals surface area (Å²) in [5, 5.41) is 6.73. The van der Waals surface area contributed by atoms with Crippen LogP contribution in [0.25, 0.3) is 0 Å². The van der Waals surface area contributed by atoms with Crippen LogP contribution < -0.4 is 5.32 Å². The van der Waals surface area contributed by atoms with Crippen molar-refractivity contribution in [2.24, 2.45) is 0 Å². The van der Waals surface area contributed by atoms with Gasteiger partial charge in [0.2, 0.25) is 5.89 Å². The summed E-state index contributed by atoms with van der Waals surface area (Å²) < 4.78 is 10.3. The Morgan fingerprint density at radius 3 is 2.79 bits per heavy atom. The Bertz CT molecular complexity index is 646. The van der Waals surface area contributed by atoms with Gasteiger partial charge in [0, 0.05) is 39.3 Å². The lowest BCUT2D eigenvalue weighted by Gasteiger charge is -2.36. The van der Waals surface area contributed by atoms with E-state index in [0.29, 0.717) is 24.0 Å². The van der Waals surface area contributed by atoms with E-state index in [4.69, 9.17) is 8.94 Å². The van der Waals surface area contributed by atoms with Gasteiger partial charge in [-0.25, -0.2) is 0 Å². The van der Waals surface area contributed by atoms with Crippen molar-refractivity contribution < 1.29 is 13.7 Å². The first-order valence-corrected chi connectivity index (χ1v) is 8.22. The van der Waals surface area contributed by atoms with Gasteiger partial charge in [-0.05, 0) is 26.0 Å². The van der Waals surface area contributed by atoms with E-state index >= 15 is 0 Å². The number of amides is 1. The molecule has 0 bridgehead atoms. The maximum atomic E-state index is 11.8. The van der Waals surface area contributed by atoms with Crippen molar-refractivity contribution >= 4 is 5.91 Å². The lowest BCUT2D eigenvalue weighted by molar-refractivity contribution is 0.0838. The number of piperazine rings is 1. The fourth-order valence-electron chi connectivity index (χ4n) is 2.84. The molecule has 0 aliphatic carbocycles. The number of hydrogen-bond donors (Lipinski definition) is 1. The van der Waals surface area contributed by atoms with Crippen LogP contribution in [0.2, 0.25) is 0 Å². The standard InChI is InChI=1S/C16H23N5O3/c1-12(16-18-13(2)19-24-16)21-9-7-20(8-10-21)6-5-17-15(22)14-4-3-11-23-14/h3-4,11-12H,5-10H2,1-2H3,(H,17,22). The zero-order valence-electron chi connectivity index (χ0n) is 14.1. The first-order chi connectivity index (χ1) is 11.6. The van der Waals surface area contributed by atoms with Crippen LogP contribution in [0, 0.1) is 6.92 Å². The molecule has 0 spiro atoms. The first kappa shape index (κ1) is 16.7. The zero-order chi connectivity index (χ0) is 16.9. The zero-order valence-corrected chi connectivity index (χ0v) is 14.1. The van der Waals surface area contributed by atoms with E-state index in [1.54, 1.807) is 12.1 Å². The average molecular weight is 333 g/mol. The van der Waals surface area contributed by atoms with Gasteiger partial charge in [0.25, 0.3) is 5.91 Å². The molecule has 1 fully saturated rings. The number of carbonyl (C=O) groups is 1. The third-order valence-electron chi connectivity index (χ3n) is 4.31. The molecule has 1 saturated heterocycles. The maximum absolute atomic E-state index is 11.8. The Morgan fingerprint density at radius 1 is 1.38 bits per heavy atom. The summed E-state index contributed by atoms with van der Waals surface area (Å²) >= 11 is 0. The molecule has 1 aliphatic heterocycles. The van der Waals surface area contributed by atoms with Gasteiger partial charge in [0.05, 0.1) is 12.3 Å². The van der Waals surface area contributed by atoms with Gasteiger partial charge in [-0.1, -0.05) is 5.16 Å². The highest BCUT2D eigenvalue weighted by molar-refractivity contribution is 5.91. The maximum Gasteiger partial charge on any atom is 0.287 e. The van der Waals surface area contributed by atoms with Gasteiger partial charge in [-0.3, -0.25) is 14.6 Å². The molecule has 130 valence electrons. The molecule has 8 heteroatoms. The van der Waals surface area contributed by atoms with Crippen LogP contribution in [0.1, 0.15) is 35.2 Å². The number of rotatable bonds is 6. The SMILES string of the molecule is Cc1noc(C(C)N2CCN(CCNC(=O)c3ccco3)CC2)n1. The molecule has 0 saturated carbocycles. The molecule has 2 aromatic rings. The van der Waals surface area contributed by atoms with E-state index < -0.39 is 0 Å². The Kier molecular flexibility index (Phi) is 5.27. The average Bonchev–Trinajstić information content (AvgIpc) is 3.26. The fourth-order valence-corrected chi connectivity index (χ4v) is 2.84. The third kappa shape index (κ3) is 4.01. The van der Waals surface area contributed by atoms with Crippen molar-refractivity contribution in [2.75, 3.05) is 39.3 Å². The number of aryl methyl sites for hydroxylation is 1. The predicted molar refractivity (Wildman–Crippen MR) is 86.5 cm³/mol. The Balaban J connectivity index is 1.38. The Labute approximate surface area is 140 Å². The number of hydrogen-bond acceptors (Lipinski definition) is 7. The summed E-state index contributed by atoms with van der Waals surface area (Å²) in [7, 11) is 0. The molecule has 24 heavy (non-hydrogen) atoms. The van der Waals surface area contributed by atoms with Crippen molar-refractivity contribution in [3.63, 3.8) is 0 Å². The second kappa shape index (κ2) is 7.59. The van der Waals surface area contributed by atoms with E-state index in [1.165, 1.54) is 6.26 Å². The molecular weight excluding hydrogens is 310 g/mol. The molecule has 8 nitrogen and oxygen atoms in total. The van der Waals surface area contributed by atoms with E-state index in [0.717, 1.165) is 32.7 Å². The van der Waals surface area contributed by atoms with Crippen molar-refractivity contribution in [3.05, 3.63) is 35.9 Å². The number of nitrogens with one attached hydrogen (secondary N) is 1. The van der Waals surface area contributed by atoms with E-state index in [1.807, 2.05) is 6.92 Å². The Morgan fingerprint density at radius 2 is 2.17 bits per heavy atom. The Hall–Kier alpha value is -2.19. The largest absolute Gasteiger partial charge is 0.459 e. The van der Waals surface area contributed by atoms with Crippen LogP contribution >= 0.6 is 0 Å². The van der Waals surface area contributed by atoms with E-state index in [-0.39, 0.29) is 11.9 Å². The van der Waals surface area contributed by atoms with Gasteiger partial charge in [-0.2, -0.15) is 4.98 Å². The minimum atomic E-state index is -0.168. The quantitative estimate of drug-likeness (QED) is 0.846. The number of aromatic nitrogens is 2. The third-order valence-corrected chi connectivity index (χ3v) is 4.31. The lowest BCUT2D eigenvalue weighted by Crippen LogP contribution is -2.49. The number of carbonyl (C=O) groups excluding carboxylic acids is 1. The molecule has 0 aromatic carbocycles. The van der Waals surface area contributed by atoms with E-state index in [9.17, 15) is 4.79 Å². The van der Waals surface area contributed by atoms with Gasteiger partial charge >= 0.3 is 0 Å². The highest BCUT2D eigenvalue weighted by Gasteiger charge is 2.25. The van der Waals surface area contributed by atoms with Crippen LogP contribution in [0.15, 0.2) is 27.3 Å².